The SMILES string of the molecule is CC(C)OC(=O)COc1ccc2c(c1)O/C(=C\c1cccc(Cl)c1Cl)C2=O. The number of ether oxygens (including phenoxy) is 3. The van der Waals surface area contributed by atoms with E-state index in [4.69, 9.17) is 37.4 Å². The summed E-state index contributed by atoms with van der Waals surface area (Å²) in [6, 6.07) is 9.85. The standard InChI is InChI=1S/C20H16Cl2O5/c1-11(2)26-18(23)10-25-13-6-7-14-16(9-13)27-17(20(14)24)8-12-4-3-5-15(21)19(12)22/h3-9,11H,10H2,1-2H3/b17-8-. The third-order valence-corrected chi connectivity index (χ3v) is 4.47. The number of hydrogen-bond acceptors (Lipinski definition) is 5. The molecule has 2 aromatic rings. The molecule has 0 atom stereocenters. The van der Waals surface area contributed by atoms with Gasteiger partial charge in [0.05, 0.1) is 21.7 Å². The molecule has 7 heteroatoms. The highest BCUT2D eigenvalue weighted by Crippen LogP contribution is 2.36. The van der Waals surface area contributed by atoms with Crippen LogP contribution in [0.25, 0.3) is 6.08 Å². The number of carbonyl (C=O) groups excluding carboxylic acids is 2. The molecule has 2 aromatic carbocycles. The van der Waals surface area contributed by atoms with Crippen LogP contribution in [-0.4, -0.2) is 24.5 Å². The molecule has 0 radical (unpaired) electrons. The predicted molar refractivity (Wildman–Crippen MR) is 103 cm³/mol. The van der Waals surface area contributed by atoms with E-state index in [-0.39, 0.29) is 24.3 Å². The van der Waals surface area contributed by atoms with Gasteiger partial charge in [-0.2, -0.15) is 0 Å². The number of allylic oxidation sites excluding steroid dienone is 1. The second-order valence-corrected chi connectivity index (χ2v) is 6.85. The van der Waals surface area contributed by atoms with E-state index in [1.165, 1.54) is 6.08 Å². The molecule has 3 rings (SSSR count). The van der Waals surface area contributed by atoms with Crippen molar-refractivity contribution >= 4 is 41.0 Å². The van der Waals surface area contributed by atoms with Crippen molar-refractivity contribution in [3.8, 4) is 11.5 Å². The number of esters is 1. The first-order valence-corrected chi connectivity index (χ1v) is 8.95. The Labute approximate surface area is 166 Å². The number of benzene rings is 2. The Kier molecular flexibility index (Phi) is 5.73. The average molecular weight is 407 g/mol. The Hall–Kier alpha value is -2.50. The summed E-state index contributed by atoms with van der Waals surface area (Å²) in [5.41, 5.74) is 0.977. The molecule has 27 heavy (non-hydrogen) atoms. The second kappa shape index (κ2) is 8.03. The molecule has 140 valence electrons. The summed E-state index contributed by atoms with van der Waals surface area (Å²) in [5.74, 6) is 0.124. The molecule has 0 saturated heterocycles. The van der Waals surface area contributed by atoms with Crippen LogP contribution in [0.3, 0.4) is 0 Å². The maximum absolute atomic E-state index is 12.5. The Bertz CT molecular complexity index is 934. The van der Waals surface area contributed by atoms with Crippen LogP contribution in [0, 0.1) is 0 Å². The minimum absolute atomic E-state index is 0.130. The van der Waals surface area contributed by atoms with Crippen molar-refractivity contribution in [3.63, 3.8) is 0 Å². The number of rotatable bonds is 5. The van der Waals surface area contributed by atoms with Crippen LogP contribution in [0.4, 0.5) is 0 Å². The van der Waals surface area contributed by atoms with E-state index >= 15 is 0 Å². The van der Waals surface area contributed by atoms with Gasteiger partial charge in [-0.1, -0.05) is 35.3 Å². The minimum atomic E-state index is -0.473. The highest BCUT2D eigenvalue weighted by Gasteiger charge is 2.28. The first kappa shape index (κ1) is 19.3. The Morgan fingerprint density at radius 3 is 2.74 bits per heavy atom. The first-order chi connectivity index (χ1) is 12.8. The largest absolute Gasteiger partial charge is 0.482 e. The molecule has 0 unspecified atom stereocenters. The highest BCUT2D eigenvalue weighted by atomic mass is 35.5. The summed E-state index contributed by atoms with van der Waals surface area (Å²) in [5, 5.41) is 0.727. The molecule has 0 saturated carbocycles. The lowest BCUT2D eigenvalue weighted by atomic mass is 10.1. The minimum Gasteiger partial charge on any atom is -0.482 e. The summed E-state index contributed by atoms with van der Waals surface area (Å²) in [7, 11) is 0. The van der Waals surface area contributed by atoms with Gasteiger partial charge in [-0.3, -0.25) is 4.79 Å². The molecule has 1 aliphatic rings. The molecule has 1 aliphatic heterocycles. The van der Waals surface area contributed by atoms with Crippen LogP contribution in [0.5, 0.6) is 11.5 Å². The Balaban J connectivity index is 1.76. The topological polar surface area (TPSA) is 61.8 Å². The summed E-state index contributed by atoms with van der Waals surface area (Å²) in [6.45, 7) is 3.28. The van der Waals surface area contributed by atoms with Crippen molar-refractivity contribution in [1.29, 1.82) is 0 Å². The van der Waals surface area contributed by atoms with Gasteiger partial charge in [0.2, 0.25) is 5.78 Å². The molecule has 0 fully saturated rings. The normalized spacial score (nSPS) is 14.3. The van der Waals surface area contributed by atoms with E-state index in [0.29, 0.717) is 32.7 Å². The van der Waals surface area contributed by atoms with Gasteiger partial charge in [0.15, 0.2) is 12.4 Å². The third kappa shape index (κ3) is 4.43. The van der Waals surface area contributed by atoms with Gasteiger partial charge in [-0.25, -0.2) is 4.79 Å². The van der Waals surface area contributed by atoms with Gasteiger partial charge in [-0.15, -0.1) is 0 Å². The first-order valence-electron chi connectivity index (χ1n) is 8.19. The van der Waals surface area contributed by atoms with Crippen molar-refractivity contribution in [2.24, 2.45) is 0 Å². The number of fused-ring (bicyclic) bond motifs is 1. The number of halogens is 2. The van der Waals surface area contributed by atoms with E-state index in [9.17, 15) is 9.59 Å². The van der Waals surface area contributed by atoms with Gasteiger partial charge in [-0.05, 0) is 43.7 Å². The van der Waals surface area contributed by atoms with Crippen molar-refractivity contribution in [1.82, 2.24) is 0 Å². The zero-order valence-corrected chi connectivity index (χ0v) is 16.1. The molecule has 0 bridgehead atoms. The lowest BCUT2D eigenvalue weighted by Gasteiger charge is -2.09. The van der Waals surface area contributed by atoms with Crippen LogP contribution in [0.1, 0.15) is 29.8 Å². The summed E-state index contributed by atoms with van der Waals surface area (Å²) >= 11 is 12.2. The van der Waals surface area contributed by atoms with Crippen LogP contribution < -0.4 is 9.47 Å². The van der Waals surface area contributed by atoms with Crippen molar-refractivity contribution in [2.45, 2.75) is 20.0 Å². The fourth-order valence-electron chi connectivity index (χ4n) is 2.47. The van der Waals surface area contributed by atoms with Crippen LogP contribution >= 0.6 is 23.2 Å². The quantitative estimate of drug-likeness (QED) is 0.519. The van der Waals surface area contributed by atoms with Gasteiger partial charge in [0, 0.05) is 6.07 Å². The molecule has 0 aliphatic carbocycles. The molecule has 0 amide bonds. The van der Waals surface area contributed by atoms with Crippen molar-refractivity contribution in [2.75, 3.05) is 6.61 Å². The molecule has 0 N–H and O–H groups in total. The average Bonchev–Trinajstić information content (AvgIpc) is 2.92. The van der Waals surface area contributed by atoms with Crippen LogP contribution in [0.2, 0.25) is 10.0 Å². The second-order valence-electron chi connectivity index (χ2n) is 6.07. The van der Waals surface area contributed by atoms with Crippen LogP contribution in [-0.2, 0) is 9.53 Å². The summed E-state index contributed by atoms with van der Waals surface area (Å²) in [4.78, 5) is 24.1. The van der Waals surface area contributed by atoms with Crippen molar-refractivity contribution < 1.29 is 23.8 Å². The monoisotopic (exact) mass is 406 g/mol. The van der Waals surface area contributed by atoms with Crippen LogP contribution in [0.15, 0.2) is 42.2 Å². The highest BCUT2D eigenvalue weighted by molar-refractivity contribution is 6.43. The molecular weight excluding hydrogens is 391 g/mol. The Morgan fingerprint density at radius 2 is 2.00 bits per heavy atom. The lowest BCUT2D eigenvalue weighted by molar-refractivity contribution is -0.149. The lowest BCUT2D eigenvalue weighted by Crippen LogP contribution is -2.18. The maximum atomic E-state index is 12.5. The Morgan fingerprint density at radius 1 is 1.22 bits per heavy atom. The van der Waals surface area contributed by atoms with E-state index in [0.717, 1.165) is 0 Å². The van der Waals surface area contributed by atoms with E-state index in [1.54, 1.807) is 50.2 Å². The molecule has 1 heterocycles. The predicted octanol–water partition coefficient (Wildman–Crippen LogP) is 4.94. The van der Waals surface area contributed by atoms with E-state index < -0.39 is 5.97 Å². The molecule has 5 nitrogen and oxygen atoms in total. The van der Waals surface area contributed by atoms with Gasteiger partial charge >= 0.3 is 5.97 Å². The fraction of sp³-hybridized carbons (Fsp3) is 0.200. The molecular formula is C20H16Cl2O5. The summed E-state index contributed by atoms with van der Waals surface area (Å²) in [6.07, 6.45) is 1.32. The number of Topliss-reactive ketones (excluding diaryl/α,β-unsaturated/α-hetero) is 1. The number of hydrogen-bond donors (Lipinski definition) is 0. The van der Waals surface area contributed by atoms with Gasteiger partial charge in [0.25, 0.3) is 0 Å². The molecule has 0 aromatic heterocycles. The number of carbonyl (C=O) groups is 2. The van der Waals surface area contributed by atoms with Gasteiger partial charge in [0.1, 0.15) is 11.5 Å². The zero-order valence-electron chi connectivity index (χ0n) is 14.6. The summed E-state index contributed by atoms with van der Waals surface area (Å²) < 4.78 is 16.0. The zero-order chi connectivity index (χ0) is 19.6. The fourth-order valence-corrected chi connectivity index (χ4v) is 2.83. The maximum Gasteiger partial charge on any atom is 0.344 e. The third-order valence-electron chi connectivity index (χ3n) is 3.63. The van der Waals surface area contributed by atoms with E-state index in [1.807, 2.05) is 0 Å². The van der Waals surface area contributed by atoms with E-state index in [2.05, 4.69) is 0 Å². The number of ketones is 1. The van der Waals surface area contributed by atoms with Crippen molar-refractivity contribution in [3.05, 3.63) is 63.3 Å². The molecule has 0 spiro atoms. The van der Waals surface area contributed by atoms with Gasteiger partial charge < -0.3 is 14.2 Å². The smallest absolute Gasteiger partial charge is 0.344 e.